The Labute approximate surface area is 165 Å². The average molecular weight is 382 g/mol. The van der Waals surface area contributed by atoms with E-state index in [1.54, 1.807) is 25.6 Å². The summed E-state index contributed by atoms with van der Waals surface area (Å²) in [7, 11) is 1.65. The molecular weight excluding hydrogens is 356 g/mol. The third kappa shape index (κ3) is 3.94. The SMILES string of the molecule is COc1cccc(CC2(C(=O)NCC3CCCO3)CN(c3ncccn3)C2)c1. The van der Waals surface area contributed by atoms with Gasteiger partial charge in [-0.3, -0.25) is 4.79 Å². The molecule has 1 atom stereocenters. The van der Waals surface area contributed by atoms with Gasteiger partial charge in [-0.2, -0.15) is 0 Å². The van der Waals surface area contributed by atoms with Crippen molar-refractivity contribution in [3.05, 3.63) is 48.3 Å². The fourth-order valence-corrected chi connectivity index (χ4v) is 3.99. The van der Waals surface area contributed by atoms with Gasteiger partial charge in [0.15, 0.2) is 0 Å². The molecule has 148 valence electrons. The van der Waals surface area contributed by atoms with Crippen molar-refractivity contribution in [2.45, 2.75) is 25.4 Å². The molecule has 3 heterocycles. The summed E-state index contributed by atoms with van der Waals surface area (Å²) in [6, 6.07) is 9.71. The Kier molecular flexibility index (Phi) is 5.43. The first-order valence-electron chi connectivity index (χ1n) is 9.73. The molecule has 0 bridgehead atoms. The highest BCUT2D eigenvalue weighted by Crippen LogP contribution is 2.37. The van der Waals surface area contributed by atoms with Gasteiger partial charge in [0.05, 0.1) is 18.6 Å². The molecule has 1 aromatic heterocycles. The number of carbonyl (C=O) groups is 1. The second kappa shape index (κ2) is 8.14. The van der Waals surface area contributed by atoms with Gasteiger partial charge in [-0.05, 0) is 43.0 Å². The van der Waals surface area contributed by atoms with E-state index in [9.17, 15) is 4.79 Å². The molecule has 7 heteroatoms. The topological polar surface area (TPSA) is 76.6 Å². The number of nitrogens with zero attached hydrogens (tertiary/aromatic N) is 3. The standard InChI is InChI=1S/C21H26N4O3/c1-27-17-6-2-5-16(11-17)12-21(19(26)24-13-18-7-3-10-28-18)14-25(15-21)20-22-8-4-9-23-20/h2,4-6,8-9,11,18H,3,7,10,12-15H2,1H3,(H,24,26). The van der Waals surface area contributed by atoms with Crippen LogP contribution in [0.3, 0.4) is 0 Å². The van der Waals surface area contributed by atoms with Crippen molar-refractivity contribution in [2.75, 3.05) is 38.3 Å². The van der Waals surface area contributed by atoms with Crippen molar-refractivity contribution >= 4 is 11.9 Å². The van der Waals surface area contributed by atoms with E-state index in [0.717, 1.165) is 30.8 Å². The predicted octanol–water partition coefficient (Wildman–Crippen LogP) is 1.83. The van der Waals surface area contributed by atoms with E-state index in [4.69, 9.17) is 9.47 Å². The third-order valence-corrected chi connectivity index (χ3v) is 5.49. The zero-order valence-electron chi connectivity index (χ0n) is 16.1. The lowest BCUT2D eigenvalue weighted by molar-refractivity contribution is -0.133. The first-order chi connectivity index (χ1) is 13.7. The number of aromatic nitrogens is 2. The second-order valence-corrected chi connectivity index (χ2v) is 7.56. The Morgan fingerprint density at radius 2 is 2.14 bits per heavy atom. The van der Waals surface area contributed by atoms with Crippen LogP contribution in [0, 0.1) is 5.41 Å². The van der Waals surface area contributed by atoms with Crippen LogP contribution in [0.2, 0.25) is 0 Å². The Morgan fingerprint density at radius 1 is 1.32 bits per heavy atom. The summed E-state index contributed by atoms with van der Waals surface area (Å²) in [6.07, 6.45) is 6.29. The maximum absolute atomic E-state index is 13.2. The molecule has 1 aromatic carbocycles. The lowest BCUT2D eigenvalue weighted by Gasteiger charge is -2.49. The van der Waals surface area contributed by atoms with Gasteiger partial charge < -0.3 is 19.7 Å². The molecule has 0 spiro atoms. The molecule has 2 aliphatic rings. The molecule has 4 rings (SSSR count). The summed E-state index contributed by atoms with van der Waals surface area (Å²) >= 11 is 0. The van der Waals surface area contributed by atoms with E-state index >= 15 is 0 Å². The van der Waals surface area contributed by atoms with Gasteiger partial charge in [-0.15, -0.1) is 0 Å². The van der Waals surface area contributed by atoms with E-state index in [1.165, 1.54) is 0 Å². The highest BCUT2D eigenvalue weighted by molar-refractivity contribution is 5.86. The molecule has 1 N–H and O–H groups in total. The maximum atomic E-state index is 13.2. The van der Waals surface area contributed by atoms with Gasteiger partial charge in [0, 0.05) is 38.6 Å². The van der Waals surface area contributed by atoms with E-state index < -0.39 is 5.41 Å². The number of anilines is 1. The fourth-order valence-electron chi connectivity index (χ4n) is 3.99. The van der Waals surface area contributed by atoms with Crippen LogP contribution in [-0.2, 0) is 16.0 Å². The van der Waals surface area contributed by atoms with Crippen LogP contribution in [0.15, 0.2) is 42.7 Å². The second-order valence-electron chi connectivity index (χ2n) is 7.56. The van der Waals surface area contributed by atoms with E-state index in [0.29, 0.717) is 32.0 Å². The van der Waals surface area contributed by atoms with E-state index in [2.05, 4.69) is 15.3 Å². The number of methoxy groups -OCH3 is 1. The number of nitrogens with one attached hydrogen (secondary N) is 1. The maximum Gasteiger partial charge on any atom is 0.230 e. The quantitative estimate of drug-likeness (QED) is 0.787. The Morgan fingerprint density at radius 3 is 2.86 bits per heavy atom. The zero-order valence-corrected chi connectivity index (χ0v) is 16.1. The largest absolute Gasteiger partial charge is 0.497 e. The summed E-state index contributed by atoms with van der Waals surface area (Å²) in [5.41, 5.74) is 0.574. The van der Waals surface area contributed by atoms with E-state index in [-0.39, 0.29) is 12.0 Å². The Bertz CT molecular complexity index is 802. The van der Waals surface area contributed by atoms with Crippen molar-refractivity contribution in [2.24, 2.45) is 5.41 Å². The van der Waals surface area contributed by atoms with Crippen LogP contribution in [0.25, 0.3) is 0 Å². The van der Waals surface area contributed by atoms with Gasteiger partial charge in [-0.25, -0.2) is 9.97 Å². The number of amides is 1. The minimum atomic E-state index is -0.510. The number of carbonyl (C=O) groups excluding carboxylic acids is 1. The number of benzene rings is 1. The molecule has 0 aliphatic carbocycles. The predicted molar refractivity (Wildman–Crippen MR) is 105 cm³/mol. The van der Waals surface area contributed by atoms with Crippen LogP contribution >= 0.6 is 0 Å². The van der Waals surface area contributed by atoms with Crippen LogP contribution in [0.5, 0.6) is 5.75 Å². The number of rotatable bonds is 7. The summed E-state index contributed by atoms with van der Waals surface area (Å²) in [4.78, 5) is 23.8. The highest BCUT2D eigenvalue weighted by atomic mass is 16.5. The Balaban J connectivity index is 1.48. The van der Waals surface area contributed by atoms with Gasteiger partial charge in [0.1, 0.15) is 5.75 Å². The molecule has 7 nitrogen and oxygen atoms in total. The summed E-state index contributed by atoms with van der Waals surface area (Å²) in [5, 5.41) is 3.13. The first-order valence-corrected chi connectivity index (χ1v) is 9.73. The van der Waals surface area contributed by atoms with Gasteiger partial charge in [0.2, 0.25) is 11.9 Å². The number of ether oxygens (including phenoxy) is 2. The van der Waals surface area contributed by atoms with Crippen LogP contribution in [0.4, 0.5) is 5.95 Å². The average Bonchev–Trinajstić information content (AvgIpc) is 3.23. The van der Waals surface area contributed by atoms with Crippen molar-refractivity contribution < 1.29 is 14.3 Å². The van der Waals surface area contributed by atoms with Crippen LogP contribution in [-0.4, -0.2) is 55.3 Å². The lowest BCUT2D eigenvalue weighted by atomic mass is 9.74. The molecule has 2 saturated heterocycles. The fraction of sp³-hybridized carbons (Fsp3) is 0.476. The normalized spacial score (nSPS) is 20.5. The van der Waals surface area contributed by atoms with Crippen LogP contribution < -0.4 is 15.0 Å². The van der Waals surface area contributed by atoms with E-state index in [1.807, 2.05) is 29.2 Å². The lowest BCUT2D eigenvalue weighted by Crippen LogP contribution is -2.65. The first kappa shape index (κ1) is 18.7. The van der Waals surface area contributed by atoms with Gasteiger partial charge in [-0.1, -0.05) is 12.1 Å². The third-order valence-electron chi connectivity index (χ3n) is 5.49. The smallest absolute Gasteiger partial charge is 0.230 e. The van der Waals surface area contributed by atoms with Crippen LogP contribution in [0.1, 0.15) is 18.4 Å². The molecule has 2 aliphatic heterocycles. The van der Waals surface area contributed by atoms with Crippen molar-refractivity contribution in [1.82, 2.24) is 15.3 Å². The van der Waals surface area contributed by atoms with Gasteiger partial charge >= 0.3 is 0 Å². The number of hydrogen-bond donors (Lipinski definition) is 1. The molecule has 0 saturated carbocycles. The minimum absolute atomic E-state index is 0.0676. The molecule has 2 aromatic rings. The van der Waals surface area contributed by atoms with Crippen molar-refractivity contribution in [1.29, 1.82) is 0 Å². The molecule has 1 amide bonds. The van der Waals surface area contributed by atoms with Crippen molar-refractivity contribution in [3.8, 4) is 5.75 Å². The zero-order chi connectivity index (χ0) is 19.4. The minimum Gasteiger partial charge on any atom is -0.497 e. The molecule has 1 unspecified atom stereocenters. The molecule has 2 fully saturated rings. The monoisotopic (exact) mass is 382 g/mol. The Hall–Kier alpha value is -2.67. The summed E-state index contributed by atoms with van der Waals surface area (Å²) in [6.45, 7) is 2.53. The summed E-state index contributed by atoms with van der Waals surface area (Å²) in [5.74, 6) is 1.53. The molecule has 0 radical (unpaired) electrons. The number of hydrogen-bond acceptors (Lipinski definition) is 6. The summed E-state index contributed by atoms with van der Waals surface area (Å²) < 4.78 is 11.0. The van der Waals surface area contributed by atoms with Gasteiger partial charge in [0.25, 0.3) is 0 Å². The highest BCUT2D eigenvalue weighted by Gasteiger charge is 2.50. The van der Waals surface area contributed by atoms with Crippen molar-refractivity contribution in [3.63, 3.8) is 0 Å². The molecule has 28 heavy (non-hydrogen) atoms. The molecular formula is C21H26N4O3.